The van der Waals surface area contributed by atoms with E-state index in [4.69, 9.17) is 4.98 Å². The third-order valence-electron chi connectivity index (χ3n) is 5.33. The van der Waals surface area contributed by atoms with Crippen molar-refractivity contribution < 1.29 is 9.90 Å². The molecule has 1 unspecified atom stereocenters. The summed E-state index contributed by atoms with van der Waals surface area (Å²) in [6, 6.07) is 8.29. The molecule has 1 N–H and O–H groups in total. The first kappa shape index (κ1) is 15.6. The van der Waals surface area contributed by atoms with Crippen molar-refractivity contribution in [3.63, 3.8) is 0 Å². The largest absolute Gasteiger partial charge is 0.396 e. The minimum atomic E-state index is 0.149. The minimum absolute atomic E-state index is 0.149. The topological polar surface area (TPSA) is 58.4 Å². The second-order valence-corrected chi connectivity index (χ2v) is 7.07. The lowest BCUT2D eigenvalue weighted by atomic mass is 9.99. The van der Waals surface area contributed by atoms with Crippen molar-refractivity contribution in [1.82, 2.24) is 14.5 Å². The van der Waals surface area contributed by atoms with Gasteiger partial charge in [0.2, 0.25) is 5.91 Å². The molecule has 24 heavy (non-hydrogen) atoms. The molecule has 2 fully saturated rings. The highest BCUT2D eigenvalue weighted by atomic mass is 16.3. The maximum absolute atomic E-state index is 13.0. The van der Waals surface area contributed by atoms with Crippen LogP contribution in [-0.2, 0) is 11.3 Å². The van der Waals surface area contributed by atoms with Gasteiger partial charge in [0.05, 0.1) is 11.0 Å². The minimum Gasteiger partial charge on any atom is -0.396 e. The first-order valence-electron chi connectivity index (χ1n) is 9.13. The molecule has 0 bridgehead atoms. The number of nitrogens with zero attached hydrogens (tertiary/aromatic N) is 3. The molecule has 1 saturated carbocycles. The third kappa shape index (κ3) is 2.93. The van der Waals surface area contributed by atoms with Gasteiger partial charge in [0.15, 0.2) is 0 Å². The molecule has 1 aliphatic carbocycles. The number of piperidine rings is 1. The number of hydrogen-bond donors (Lipinski definition) is 1. The first-order chi connectivity index (χ1) is 11.8. The average molecular weight is 327 g/mol. The number of para-hydroxylation sites is 2. The van der Waals surface area contributed by atoms with E-state index in [1.807, 2.05) is 23.1 Å². The van der Waals surface area contributed by atoms with E-state index in [0.29, 0.717) is 18.9 Å². The van der Waals surface area contributed by atoms with Gasteiger partial charge in [0.25, 0.3) is 0 Å². The van der Waals surface area contributed by atoms with Crippen molar-refractivity contribution >= 4 is 16.9 Å². The SMILES string of the molecule is O=C(Cn1c(C2CC2)nc2ccccc21)N1CCCCC1CCO. The number of carbonyl (C=O) groups excluding carboxylic acids is 1. The Bertz CT molecular complexity index is 733. The summed E-state index contributed by atoms with van der Waals surface area (Å²) in [5, 5.41) is 9.29. The van der Waals surface area contributed by atoms with Crippen molar-refractivity contribution in [1.29, 1.82) is 0 Å². The Morgan fingerprint density at radius 1 is 1.21 bits per heavy atom. The third-order valence-corrected chi connectivity index (χ3v) is 5.33. The summed E-state index contributed by atoms with van der Waals surface area (Å²) in [7, 11) is 0. The summed E-state index contributed by atoms with van der Waals surface area (Å²) in [6.07, 6.45) is 6.25. The number of aliphatic hydroxyl groups is 1. The normalized spacial score (nSPS) is 21.4. The van der Waals surface area contributed by atoms with E-state index in [2.05, 4.69) is 10.6 Å². The van der Waals surface area contributed by atoms with Gasteiger partial charge in [-0.2, -0.15) is 0 Å². The molecule has 5 heteroatoms. The number of likely N-dealkylation sites (tertiary alicyclic amines) is 1. The van der Waals surface area contributed by atoms with E-state index < -0.39 is 0 Å². The lowest BCUT2D eigenvalue weighted by Crippen LogP contribution is -2.45. The van der Waals surface area contributed by atoms with Gasteiger partial charge < -0.3 is 14.6 Å². The van der Waals surface area contributed by atoms with Gasteiger partial charge in [0, 0.05) is 25.1 Å². The molecular weight excluding hydrogens is 302 g/mol. The van der Waals surface area contributed by atoms with Gasteiger partial charge in [-0.05, 0) is 50.7 Å². The summed E-state index contributed by atoms with van der Waals surface area (Å²) in [5.74, 6) is 1.75. The highest BCUT2D eigenvalue weighted by Crippen LogP contribution is 2.40. The fraction of sp³-hybridized carbons (Fsp3) is 0.579. The standard InChI is InChI=1S/C19H25N3O2/c23-12-10-15-5-3-4-11-21(15)18(24)13-22-17-7-2-1-6-16(17)20-19(22)14-8-9-14/h1-2,6-7,14-15,23H,3-5,8-13H2. The molecule has 1 saturated heterocycles. The molecule has 0 spiro atoms. The van der Waals surface area contributed by atoms with Crippen LogP contribution in [0, 0.1) is 0 Å². The number of aromatic nitrogens is 2. The van der Waals surface area contributed by atoms with E-state index in [-0.39, 0.29) is 18.6 Å². The van der Waals surface area contributed by atoms with E-state index in [1.165, 1.54) is 12.8 Å². The average Bonchev–Trinajstić information content (AvgIpc) is 3.39. The van der Waals surface area contributed by atoms with Crippen LogP contribution in [0.4, 0.5) is 0 Å². The van der Waals surface area contributed by atoms with Gasteiger partial charge in [-0.25, -0.2) is 4.98 Å². The van der Waals surface area contributed by atoms with E-state index >= 15 is 0 Å². The zero-order chi connectivity index (χ0) is 16.5. The summed E-state index contributed by atoms with van der Waals surface area (Å²) in [4.78, 5) is 19.8. The fourth-order valence-corrected chi connectivity index (χ4v) is 3.92. The van der Waals surface area contributed by atoms with Gasteiger partial charge in [-0.15, -0.1) is 0 Å². The van der Waals surface area contributed by atoms with Crippen LogP contribution in [0.1, 0.15) is 50.3 Å². The van der Waals surface area contributed by atoms with Crippen LogP contribution in [0.25, 0.3) is 11.0 Å². The van der Waals surface area contributed by atoms with Gasteiger partial charge in [-0.1, -0.05) is 12.1 Å². The molecule has 2 heterocycles. The smallest absolute Gasteiger partial charge is 0.242 e. The molecule has 1 amide bonds. The fourth-order valence-electron chi connectivity index (χ4n) is 3.92. The number of fused-ring (bicyclic) bond motifs is 1. The van der Waals surface area contributed by atoms with E-state index in [0.717, 1.165) is 42.7 Å². The molecule has 2 aliphatic rings. The summed E-state index contributed by atoms with van der Waals surface area (Å²) >= 11 is 0. The maximum Gasteiger partial charge on any atom is 0.242 e. The number of aliphatic hydroxyl groups excluding tert-OH is 1. The molecule has 2 aromatic rings. The second-order valence-electron chi connectivity index (χ2n) is 7.07. The Labute approximate surface area is 142 Å². The molecule has 1 aromatic carbocycles. The molecule has 0 radical (unpaired) electrons. The highest BCUT2D eigenvalue weighted by Gasteiger charge is 2.32. The molecule has 1 atom stereocenters. The zero-order valence-corrected chi connectivity index (χ0v) is 14.0. The van der Waals surface area contributed by atoms with Crippen molar-refractivity contribution in [3.8, 4) is 0 Å². The zero-order valence-electron chi connectivity index (χ0n) is 14.0. The summed E-state index contributed by atoms with van der Waals surface area (Å²) < 4.78 is 2.12. The van der Waals surface area contributed by atoms with Crippen molar-refractivity contribution in [2.45, 2.75) is 57.0 Å². The lowest BCUT2D eigenvalue weighted by Gasteiger charge is -2.35. The Morgan fingerprint density at radius 2 is 2.04 bits per heavy atom. The van der Waals surface area contributed by atoms with Crippen LogP contribution in [-0.4, -0.2) is 44.7 Å². The lowest BCUT2D eigenvalue weighted by molar-refractivity contribution is -0.135. The Balaban J connectivity index is 1.61. The highest BCUT2D eigenvalue weighted by molar-refractivity contribution is 5.81. The van der Waals surface area contributed by atoms with Crippen LogP contribution in [0.5, 0.6) is 0 Å². The van der Waals surface area contributed by atoms with Crippen LogP contribution in [0.15, 0.2) is 24.3 Å². The predicted octanol–water partition coefficient (Wildman–Crippen LogP) is 2.68. The Kier molecular flexibility index (Phi) is 4.27. The van der Waals surface area contributed by atoms with E-state index in [1.54, 1.807) is 0 Å². The summed E-state index contributed by atoms with van der Waals surface area (Å²) in [5.41, 5.74) is 2.04. The first-order valence-corrected chi connectivity index (χ1v) is 9.13. The van der Waals surface area contributed by atoms with Crippen LogP contribution < -0.4 is 0 Å². The monoisotopic (exact) mass is 327 g/mol. The molecule has 1 aromatic heterocycles. The quantitative estimate of drug-likeness (QED) is 0.918. The van der Waals surface area contributed by atoms with Crippen LogP contribution >= 0.6 is 0 Å². The summed E-state index contributed by atoms with van der Waals surface area (Å²) in [6.45, 7) is 1.33. The number of carbonyl (C=O) groups is 1. The number of amides is 1. The van der Waals surface area contributed by atoms with Gasteiger partial charge in [0.1, 0.15) is 12.4 Å². The predicted molar refractivity (Wildman–Crippen MR) is 92.8 cm³/mol. The molecule has 5 nitrogen and oxygen atoms in total. The molecule has 1 aliphatic heterocycles. The number of benzene rings is 1. The van der Waals surface area contributed by atoms with Crippen molar-refractivity contribution in [3.05, 3.63) is 30.1 Å². The van der Waals surface area contributed by atoms with Crippen molar-refractivity contribution in [2.75, 3.05) is 13.2 Å². The molecule has 128 valence electrons. The van der Waals surface area contributed by atoms with Gasteiger partial charge >= 0.3 is 0 Å². The van der Waals surface area contributed by atoms with Gasteiger partial charge in [-0.3, -0.25) is 4.79 Å². The van der Waals surface area contributed by atoms with Crippen molar-refractivity contribution in [2.24, 2.45) is 0 Å². The second kappa shape index (κ2) is 6.55. The van der Waals surface area contributed by atoms with E-state index in [9.17, 15) is 9.90 Å². The number of rotatable bonds is 5. The van der Waals surface area contributed by atoms with Crippen LogP contribution in [0.3, 0.4) is 0 Å². The number of imidazole rings is 1. The molecule has 4 rings (SSSR count). The number of hydrogen-bond acceptors (Lipinski definition) is 3. The van der Waals surface area contributed by atoms with Crippen LogP contribution in [0.2, 0.25) is 0 Å². The molecular formula is C19H25N3O2. The maximum atomic E-state index is 13.0. The Morgan fingerprint density at radius 3 is 2.83 bits per heavy atom. The Hall–Kier alpha value is -1.88.